The highest BCUT2D eigenvalue weighted by molar-refractivity contribution is 6.30. The third kappa shape index (κ3) is 10.5. The van der Waals surface area contributed by atoms with Crippen molar-refractivity contribution in [2.45, 2.75) is 45.0 Å². The van der Waals surface area contributed by atoms with Gasteiger partial charge in [0.1, 0.15) is 17.3 Å². The molecule has 1 aromatic carbocycles. The highest BCUT2D eigenvalue weighted by Gasteiger charge is 2.38. The molecule has 0 aliphatic rings. The van der Waals surface area contributed by atoms with Crippen LogP contribution in [0.1, 0.15) is 26.3 Å². The van der Waals surface area contributed by atoms with Crippen LogP contribution in [0.2, 0.25) is 5.02 Å². The number of ether oxygens (including phenoxy) is 1. The molecule has 0 radical (unpaired) electrons. The molecular formula is C24H24ClF3N4O6. The zero-order chi connectivity index (χ0) is 28.5. The summed E-state index contributed by atoms with van der Waals surface area (Å²) < 4.78 is 42.3. The van der Waals surface area contributed by atoms with Gasteiger partial charge in [0.2, 0.25) is 11.8 Å². The zero-order valence-electron chi connectivity index (χ0n) is 20.4. The van der Waals surface area contributed by atoms with E-state index in [1.54, 1.807) is 75.6 Å². The second kappa shape index (κ2) is 12.9. The Morgan fingerprint density at radius 3 is 2.18 bits per heavy atom. The summed E-state index contributed by atoms with van der Waals surface area (Å²) in [4.78, 5) is 38.1. The summed E-state index contributed by atoms with van der Waals surface area (Å²) in [6, 6.07) is 11.2. The van der Waals surface area contributed by atoms with Crippen LogP contribution in [-0.2, 0) is 20.7 Å². The van der Waals surface area contributed by atoms with Gasteiger partial charge in [-0.2, -0.15) is 13.2 Å². The monoisotopic (exact) mass is 556 g/mol. The average molecular weight is 557 g/mol. The topological polar surface area (TPSA) is 144 Å². The fraction of sp³-hybridized carbons (Fsp3) is 0.292. The number of pyridine rings is 1. The fourth-order valence-electron chi connectivity index (χ4n) is 2.72. The van der Waals surface area contributed by atoms with Crippen molar-refractivity contribution in [3.8, 4) is 11.3 Å². The Kier molecular flexibility index (Phi) is 10.2. The molecule has 3 rings (SSSR count). The molecule has 3 N–H and O–H groups in total. The summed E-state index contributed by atoms with van der Waals surface area (Å²) in [5.74, 6) is -3.07. The molecule has 0 aliphatic heterocycles. The van der Waals surface area contributed by atoms with Crippen molar-refractivity contribution in [2.75, 3.05) is 5.32 Å². The molecule has 2 amide bonds. The van der Waals surface area contributed by atoms with E-state index < -0.39 is 35.8 Å². The number of halogens is 4. The Hall–Kier alpha value is -4.13. The van der Waals surface area contributed by atoms with Crippen LogP contribution in [0.4, 0.5) is 23.8 Å². The summed E-state index contributed by atoms with van der Waals surface area (Å²) >= 11 is 5.94. The lowest BCUT2D eigenvalue weighted by molar-refractivity contribution is -0.192. The summed E-state index contributed by atoms with van der Waals surface area (Å²) in [6.07, 6.45) is -2.28. The van der Waals surface area contributed by atoms with Crippen molar-refractivity contribution in [2.24, 2.45) is 0 Å². The number of hydrogen-bond donors (Lipinski definition) is 3. The first-order valence-electron chi connectivity index (χ1n) is 10.9. The third-order valence-corrected chi connectivity index (χ3v) is 4.59. The molecule has 0 fully saturated rings. The summed E-state index contributed by atoms with van der Waals surface area (Å²) in [6.45, 7) is 5.24. The minimum atomic E-state index is -5.08. The lowest BCUT2D eigenvalue weighted by atomic mass is 10.1. The number of aliphatic carboxylic acids is 1. The SMILES string of the molecule is CC(C)(C)OC(=O)N[C@@H](Cc1ccc(Cl)cc1)C(=O)Nc1cc(-c2ccncc2)no1.O=C(O)C(F)(F)F. The largest absolute Gasteiger partial charge is 0.490 e. The van der Waals surface area contributed by atoms with E-state index in [1.807, 2.05) is 0 Å². The molecule has 204 valence electrons. The van der Waals surface area contributed by atoms with Crippen LogP contribution in [0, 0.1) is 0 Å². The first kappa shape index (κ1) is 30.1. The number of carbonyl (C=O) groups is 3. The van der Waals surface area contributed by atoms with E-state index in [4.69, 9.17) is 30.8 Å². The lowest BCUT2D eigenvalue weighted by Gasteiger charge is -2.23. The smallest absolute Gasteiger partial charge is 0.475 e. The molecule has 0 saturated carbocycles. The summed E-state index contributed by atoms with van der Waals surface area (Å²) in [5, 5.41) is 16.9. The van der Waals surface area contributed by atoms with Gasteiger partial charge in [0, 0.05) is 35.5 Å². The Morgan fingerprint density at radius 2 is 1.66 bits per heavy atom. The number of nitrogens with zero attached hydrogens (tertiary/aromatic N) is 2. The number of nitrogens with one attached hydrogen (secondary N) is 2. The van der Waals surface area contributed by atoms with Gasteiger partial charge in [-0.1, -0.05) is 28.9 Å². The van der Waals surface area contributed by atoms with Crippen molar-refractivity contribution < 1.29 is 41.9 Å². The van der Waals surface area contributed by atoms with Gasteiger partial charge < -0.3 is 19.7 Å². The molecule has 2 aromatic heterocycles. The zero-order valence-corrected chi connectivity index (χ0v) is 21.1. The van der Waals surface area contributed by atoms with Crippen LogP contribution in [0.25, 0.3) is 11.3 Å². The maximum atomic E-state index is 12.9. The maximum absolute atomic E-state index is 12.9. The number of rotatable bonds is 6. The van der Waals surface area contributed by atoms with Crippen molar-refractivity contribution in [1.82, 2.24) is 15.5 Å². The molecule has 2 heterocycles. The number of amides is 2. The molecule has 14 heteroatoms. The number of carbonyl (C=O) groups excluding carboxylic acids is 2. The highest BCUT2D eigenvalue weighted by Crippen LogP contribution is 2.21. The molecule has 3 aromatic rings. The van der Waals surface area contributed by atoms with Gasteiger partial charge in [-0.25, -0.2) is 9.59 Å². The van der Waals surface area contributed by atoms with Gasteiger partial charge in [0.25, 0.3) is 0 Å². The maximum Gasteiger partial charge on any atom is 0.490 e. The molecule has 0 aliphatic carbocycles. The van der Waals surface area contributed by atoms with E-state index in [0.717, 1.165) is 11.1 Å². The van der Waals surface area contributed by atoms with Crippen molar-refractivity contribution >= 4 is 35.5 Å². The van der Waals surface area contributed by atoms with Gasteiger partial charge in [0.15, 0.2) is 0 Å². The van der Waals surface area contributed by atoms with E-state index >= 15 is 0 Å². The van der Waals surface area contributed by atoms with Crippen LogP contribution in [-0.4, -0.2) is 51.0 Å². The quantitative estimate of drug-likeness (QED) is 0.380. The normalized spacial score (nSPS) is 12.0. The number of aromatic nitrogens is 2. The van der Waals surface area contributed by atoms with Crippen LogP contribution < -0.4 is 10.6 Å². The van der Waals surface area contributed by atoms with Gasteiger partial charge in [-0.15, -0.1) is 0 Å². The predicted octanol–water partition coefficient (Wildman–Crippen LogP) is 5.10. The molecule has 38 heavy (non-hydrogen) atoms. The second-order valence-corrected chi connectivity index (χ2v) is 9.07. The Balaban J connectivity index is 0.000000638. The Bertz CT molecular complexity index is 1230. The lowest BCUT2D eigenvalue weighted by Crippen LogP contribution is -2.47. The molecule has 0 saturated heterocycles. The molecule has 10 nitrogen and oxygen atoms in total. The predicted molar refractivity (Wildman–Crippen MR) is 130 cm³/mol. The number of hydrogen-bond acceptors (Lipinski definition) is 7. The van der Waals surface area contributed by atoms with Crippen molar-refractivity contribution in [3.63, 3.8) is 0 Å². The summed E-state index contributed by atoms with van der Waals surface area (Å²) in [5.41, 5.74) is 1.46. The first-order valence-corrected chi connectivity index (χ1v) is 11.2. The molecule has 1 atom stereocenters. The van der Waals surface area contributed by atoms with Crippen LogP contribution in [0.3, 0.4) is 0 Å². The number of anilines is 1. The number of benzene rings is 1. The minimum Gasteiger partial charge on any atom is -0.475 e. The number of carboxylic acids is 1. The van der Waals surface area contributed by atoms with Gasteiger partial charge in [-0.05, 0) is 50.6 Å². The molecule has 0 spiro atoms. The number of alkyl halides is 3. The van der Waals surface area contributed by atoms with Gasteiger partial charge in [-0.3, -0.25) is 15.1 Å². The first-order chi connectivity index (χ1) is 17.6. The van der Waals surface area contributed by atoms with E-state index in [9.17, 15) is 22.8 Å². The minimum absolute atomic E-state index is 0.156. The van der Waals surface area contributed by atoms with E-state index in [-0.39, 0.29) is 12.3 Å². The fourth-order valence-corrected chi connectivity index (χ4v) is 2.84. The molecular weight excluding hydrogens is 533 g/mol. The Labute approximate surface area is 220 Å². The van der Waals surface area contributed by atoms with Crippen LogP contribution in [0.5, 0.6) is 0 Å². The average Bonchev–Trinajstić information content (AvgIpc) is 3.27. The standard InChI is InChI=1S/C22H23ClN4O4.C2HF3O2/c1-22(2,3)30-21(29)25-18(12-14-4-6-16(23)7-5-14)20(28)26-19-13-17(27-31-19)15-8-10-24-11-9-15;3-2(4,5)1(6)7/h4-11,13,18H,12H2,1-3H3,(H,25,29)(H,26,28);(H,6,7)/t18-;/m0./s1. The van der Waals surface area contributed by atoms with Crippen molar-refractivity contribution in [3.05, 3.63) is 65.4 Å². The Morgan fingerprint density at radius 1 is 1.08 bits per heavy atom. The molecule has 0 bridgehead atoms. The van der Waals surface area contributed by atoms with Crippen molar-refractivity contribution in [1.29, 1.82) is 0 Å². The second-order valence-electron chi connectivity index (χ2n) is 8.63. The number of carboxylic acid groups (broad SMARTS) is 1. The van der Waals surface area contributed by atoms with Crippen LogP contribution >= 0.6 is 11.6 Å². The number of alkyl carbamates (subject to hydrolysis) is 1. The van der Waals surface area contributed by atoms with Crippen LogP contribution in [0.15, 0.2) is 59.4 Å². The van der Waals surface area contributed by atoms with Gasteiger partial charge >= 0.3 is 18.2 Å². The highest BCUT2D eigenvalue weighted by atomic mass is 35.5. The van der Waals surface area contributed by atoms with Gasteiger partial charge in [0.05, 0.1) is 0 Å². The van der Waals surface area contributed by atoms with E-state index in [1.165, 1.54) is 0 Å². The summed E-state index contributed by atoms with van der Waals surface area (Å²) in [7, 11) is 0. The van der Waals surface area contributed by atoms with E-state index in [2.05, 4.69) is 20.8 Å². The van der Waals surface area contributed by atoms with E-state index in [0.29, 0.717) is 10.7 Å². The molecule has 0 unspecified atom stereocenters. The third-order valence-electron chi connectivity index (χ3n) is 4.34.